The van der Waals surface area contributed by atoms with Gasteiger partial charge in [0.1, 0.15) is 12.6 Å². The molecule has 1 saturated carbocycles. The number of hydrogen-bond acceptors (Lipinski definition) is 7. The standard InChI is InChI=1S/C34H39NO7/c1-3-40-34(38)29-20-28-25(14-19-30(39-2)32(28)41-22-23-10-6-4-7-11-23)21-35(29)33(37)31(24-12-8-5-9-13-24)42-27-17-15-26(36)16-18-27/h4-14,19,26-27,29,31,36H,3,15-18,20-22H2,1-2H3. The minimum Gasteiger partial charge on any atom is -0.493 e. The maximum atomic E-state index is 14.4. The molecule has 222 valence electrons. The van der Waals surface area contributed by atoms with E-state index in [0.29, 0.717) is 43.8 Å². The molecule has 3 aromatic carbocycles. The van der Waals surface area contributed by atoms with Crippen LogP contribution in [0.4, 0.5) is 0 Å². The summed E-state index contributed by atoms with van der Waals surface area (Å²) >= 11 is 0. The average molecular weight is 574 g/mol. The van der Waals surface area contributed by atoms with Gasteiger partial charge in [0, 0.05) is 18.5 Å². The molecule has 1 aliphatic heterocycles. The molecule has 1 amide bonds. The van der Waals surface area contributed by atoms with E-state index in [9.17, 15) is 14.7 Å². The van der Waals surface area contributed by atoms with Crippen LogP contribution in [-0.4, -0.2) is 53.8 Å². The van der Waals surface area contributed by atoms with Gasteiger partial charge in [-0.25, -0.2) is 4.79 Å². The van der Waals surface area contributed by atoms with Gasteiger partial charge in [0.15, 0.2) is 17.6 Å². The van der Waals surface area contributed by atoms with Crippen LogP contribution in [-0.2, 0) is 38.6 Å². The smallest absolute Gasteiger partial charge is 0.329 e. The Hall–Kier alpha value is -3.88. The summed E-state index contributed by atoms with van der Waals surface area (Å²) in [7, 11) is 1.59. The van der Waals surface area contributed by atoms with E-state index < -0.39 is 18.1 Å². The van der Waals surface area contributed by atoms with Crippen LogP contribution in [0.1, 0.15) is 61.0 Å². The van der Waals surface area contributed by atoms with Gasteiger partial charge >= 0.3 is 5.97 Å². The number of rotatable bonds is 10. The van der Waals surface area contributed by atoms with Gasteiger partial charge in [0.25, 0.3) is 5.91 Å². The lowest BCUT2D eigenvalue weighted by molar-refractivity contribution is -0.164. The van der Waals surface area contributed by atoms with E-state index in [2.05, 4.69) is 0 Å². The summed E-state index contributed by atoms with van der Waals surface area (Å²) in [6, 6.07) is 22.1. The van der Waals surface area contributed by atoms with Gasteiger partial charge in [0.2, 0.25) is 0 Å². The zero-order valence-electron chi connectivity index (χ0n) is 24.2. The quantitative estimate of drug-likeness (QED) is 0.335. The van der Waals surface area contributed by atoms with Gasteiger partial charge in [-0.3, -0.25) is 4.79 Å². The molecule has 8 heteroatoms. The first-order valence-corrected chi connectivity index (χ1v) is 14.7. The van der Waals surface area contributed by atoms with Crippen molar-refractivity contribution in [1.82, 2.24) is 4.90 Å². The molecule has 5 rings (SSSR count). The number of methoxy groups -OCH3 is 1. The number of nitrogens with zero attached hydrogens (tertiary/aromatic N) is 1. The van der Waals surface area contributed by atoms with Crippen molar-refractivity contribution >= 4 is 11.9 Å². The highest BCUT2D eigenvalue weighted by atomic mass is 16.5. The molecule has 1 aliphatic carbocycles. The summed E-state index contributed by atoms with van der Waals surface area (Å²) in [6.07, 6.45) is 1.44. The Bertz CT molecular complexity index is 1340. The summed E-state index contributed by atoms with van der Waals surface area (Å²) in [5.41, 5.74) is 3.43. The number of ether oxygens (including phenoxy) is 4. The molecule has 0 radical (unpaired) electrons. The summed E-state index contributed by atoms with van der Waals surface area (Å²) < 4.78 is 23.9. The number of carbonyl (C=O) groups excluding carboxylic acids is 2. The van der Waals surface area contributed by atoms with Crippen LogP contribution in [0, 0.1) is 0 Å². The molecule has 0 saturated heterocycles. The number of aliphatic hydroxyl groups excluding tert-OH is 1. The molecular formula is C34H39NO7. The molecule has 1 N–H and O–H groups in total. The highest BCUT2D eigenvalue weighted by molar-refractivity contribution is 5.89. The molecule has 8 nitrogen and oxygen atoms in total. The van der Waals surface area contributed by atoms with Crippen LogP contribution in [0.3, 0.4) is 0 Å². The van der Waals surface area contributed by atoms with Crippen LogP contribution in [0.5, 0.6) is 11.5 Å². The third-order valence-electron chi connectivity index (χ3n) is 8.02. The number of carbonyl (C=O) groups is 2. The van der Waals surface area contributed by atoms with E-state index in [4.69, 9.17) is 18.9 Å². The lowest BCUT2D eigenvalue weighted by Crippen LogP contribution is -2.51. The first kappa shape index (κ1) is 29.6. The number of esters is 1. The summed E-state index contributed by atoms with van der Waals surface area (Å²) in [5.74, 6) is 0.369. The average Bonchev–Trinajstić information content (AvgIpc) is 3.03. The van der Waals surface area contributed by atoms with Gasteiger partial charge in [-0.05, 0) is 55.4 Å². The molecule has 42 heavy (non-hydrogen) atoms. The van der Waals surface area contributed by atoms with E-state index in [1.807, 2.05) is 72.8 Å². The normalized spacial score (nSPS) is 20.7. The number of amides is 1. The van der Waals surface area contributed by atoms with Crippen LogP contribution in [0.2, 0.25) is 0 Å². The monoisotopic (exact) mass is 573 g/mol. The van der Waals surface area contributed by atoms with E-state index >= 15 is 0 Å². The number of aliphatic hydroxyl groups is 1. The molecule has 2 aliphatic rings. The van der Waals surface area contributed by atoms with Crippen molar-refractivity contribution in [2.24, 2.45) is 0 Å². The minimum atomic E-state index is -0.892. The Morgan fingerprint density at radius 2 is 1.64 bits per heavy atom. The van der Waals surface area contributed by atoms with Crippen LogP contribution in [0.15, 0.2) is 72.8 Å². The fourth-order valence-corrected chi connectivity index (χ4v) is 5.78. The number of fused-ring (bicyclic) bond motifs is 1. The van der Waals surface area contributed by atoms with Crippen LogP contribution >= 0.6 is 0 Å². The third kappa shape index (κ3) is 6.77. The van der Waals surface area contributed by atoms with Crippen LogP contribution in [0.25, 0.3) is 0 Å². The largest absolute Gasteiger partial charge is 0.493 e. The Labute approximate surface area is 247 Å². The predicted molar refractivity (Wildman–Crippen MR) is 157 cm³/mol. The van der Waals surface area contributed by atoms with Gasteiger partial charge < -0.3 is 29.0 Å². The van der Waals surface area contributed by atoms with Crippen molar-refractivity contribution in [1.29, 1.82) is 0 Å². The lowest BCUT2D eigenvalue weighted by atomic mass is 9.91. The predicted octanol–water partition coefficient (Wildman–Crippen LogP) is 5.15. The maximum absolute atomic E-state index is 14.4. The second-order valence-corrected chi connectivity index (χ2v) is 10.8. The molecule has 3 aromatic rings. The first-order chi connectivity index (χ1) is 20.5. The van der Waals surface area contributed by atoms with Crippen molar-refractivity contribution < 1.29 is 33.6 Å². The second-order valence-electron chi connectivity index (χ2n) is 10.8. The number of hydrogen-bond donors (Lipinski definition) is 1. The van der Waals surface area contributed by atoms with Crippen molar-refractivity contribution in [3.05, 3.63) is 95.1 Å². The van der Waals surface area contributed by atoms with E-state index in [0.717, 1.165) is 22.3 Å². The maximum Gasteiger partial charge on any atom is 0.329 e. The highest BCUT2D eigenvalue weighted by Gasteiger charge is 2.41. The molecule has 0 bridgehead atoms. The van der Waals surface area contributed by atoms with Crippen LogP contribution < -0.4 is 9.47 Å². The topological polar surface area (TPSA) is 94.5 Å². The van der Waals surface area contributed by atoms with Gasteiger partial charge in [-0.2, -0.15) is 0 Å². The zero-order valence-corrected chi connectivity index (χ0v) is 24.2. The van der Waals surface area contributed by atoms with E-state index in [1.165, 1.54) is 0 Å². The molecule has 2 atom stereocenters. The molecule has 0 aromatic heterocycles. The summed E-state index contributed by atoms with van der Waals surface area (Å²) in [6.45, 7) is 2.48. The lowest BCUT2D eigenvalue weighted by Gasteiger charge is -2.39. The SMILES string of the molecule is CCOC(=O)C1Cc2c(ccc(OC)c2OCc2ccccc2)CN1C(=O)C(OC1CCC(O)CC1)c1ccccc1. The van der Waals surface area contributed by atoms with Gasteiger partial charge in [-0.15, -0.1) is 0 Å². The Morgan fingerprint density at radius 1 is 0.952 bits per heavy atom. The summed E-state index contributed by atoms with van der Waals surface area (Å²) in [5, 5.41) is 9.99. The van der Waals surface area contributed by atoms with E-state index in [-0.39, 0.29) is 37.7 Å². The van der Waals surface area contributed by atoms with Crippen molar-refractivity contribution in [2.45, 2.75) is 76.5 Å². The van der Waals surface area contributed by atoms with Gasteiger partial charge in [0.05, 0.1) is 25.9 Å². The van der Waals surface area contributed by atoms with Crippen molar-refractivity contribution in [3.8, 4) is 11.5 Å². The third-order valence-corrected chi connectivity index (χ3v) is 8.02. The van der Waals surface area contributed by atoms with Crippen molar-refractivity contribution in [3.63, 3.8) is 0 Å². The number of benzene rings is 3. The van der Waals surface area contributed by atoms with E-state index in [1.54, 1.807) is 18.9 Å². The highest BCUT2D eigenvalue weighted by Crippen LogP contribution is 2.40. The molecular weight excluding hydrogens is 534 g/mol. The molecule has 0 spiro atoms. The molecule has 2 unspecified atom stereocenters. The molecule has 1 heterocycles. The Balaban J connectivity index is 1.47. The summed E-state index contributed by atoms with van der Waals surface area (Å²) in [4.78, 5) is 29.4. The Morgan fingerprint density at radius 3 is 2.31 bits per heavy atom. The second kappa shape index (κ2) is 13.9. The zero-order chi connectivity index (χ0) is 29.5. The Kier molecular flexibility index (Phi) is 9.77. The minimum absolute atomic E-state index is 0.164. The van der Waals surface area contributed by atoms with Crippen molar-refractivity contribution in [2.75, 3.05) is 13.7 Å². The fourth-order valence-electron chi connectivity index (χ4n) is 5.78. The van der Waals surface area contributed by atoms with Gasteiger partial charge in [-0.1, -0.05) is 66.7 Å². The first-order valence-electron chi connectivity index (χ1n) is 14.7. The molecule has 1 fully saturated rings. The fraction of sp³-hybridized carbons (Fsp3) is 0.412.